The Hall–Kier alpha value is -1.56. The Morgan fingerprint density at radius 2 is 2.06 bits per heavy atom. The second-order valence-electron chi connectivity index (χ2n) is 3.48. The van der Waals surface area contributed by atoms with Crippen molar-refractivity contribution in [3.05, 3.63) is 42.1 Å². The molecule has 0 unspecified atom stereocenters. The molecule has 0 radical (unpaired) electrons. The van der Waals surface area contributed by atoms with Gasteiger partial charge in [0.25, 0.3) is 0 Å². The zero-order chi connectivity index (χ0) is 12.4. The van der Waals surface area contributed by atoms with Gasteiger partial charge in [-0.3, -0.25) is 4.98 Å². The normalized spacial score (nSPS) is 9.56. The number of nitrogens with zero attached hydrogens (tertiary/aromatic N) is 1. The monoisotopic (exact) mass is 254 g/mol. The van der Waals surface area contributed by atoms with E-state index in [1.165, 1.54) is 18.3 Å². The summed E-state index contributed by atoms with van der Waals surface area (Å²) in [6.07, 6.45) is 1.38. The molecule has 0 saturated heterocycles. The first-order valence-corrected chi connectivity index (χ1v) is 4.87. The van der Waals surface area contributed by atoms with Crippen LogP contribution in [-0.4, -0.2) is 21.2 Å². The van der Waals surface area contributed by atoms with Gasteiger partial charge in [-0.1, -0.05) is 6.07 Å². The standard InChI is InChI=1S/C12H10N2O3.Na.H/c13-9-3-1-2-8(11(9)15)10-6-7(12(16)17)4-5-14-10;;/h1-6,15H,13H2,(H,16,17);;/q;+1;-1. The number of para-hydroxylation sites is 1. The maximum Gasteiger partial charge on any atom is 1.00 e. The Balaban J connectivity index is 0.00000162. The Kier molecular flexibility index (Phi) is 4.72. The summed E-state index contributed by atoms with van der Waals surface area (Å²) < 4.78 is 0. The van der Waals surface area contributed by atoms with Crippen molar-refractivity contribution in [1.29, 1.82) is 0 Å². The smallest absolute Gasteiger partial charge is 1.00 e. The van der Waals surface area contributed by atoms with Crippen LogP contribution in [0.15, 0.2) is 36.5 Å². The van der Waals surface area contributed by atoms with Gasteiger partial charge >= 0.3 is 35.5 Å². The molecular weight excluding hydrogens is 243 g/mol. The average Bonchev–Trinajstić information content (AvgIpc) is 2.33. The quantitative estimate of drug-likeness (QED) is 0.357. The van der Waals surface area contributed by atoms with Crippen molar-refractivity contribution in [2.24, 2.45) is 0 Å². The second kappa shape index (κ2) is 5.86. The van der Waals surface area contributed by atoms with Crippen LogP contribution in [0.3, 0.4) is 0 Å². The van der Waals surface area contributed by atoms with Gasteiger partial charge in [-0.05, 0) is 24.3 Å². The van der Waals surface area contributed by atoms with Crippen molar-refractivity contribution in [2.45, 2.75) is 0 Å². The predicted octanol–water partition coefficient (Wildman–Crippen LogP) is -1.15. The van der Waals surface area contributed by atoms with Gasteiger partial charge in [0.15, 0.2) is 0 Å². The van der Waals surface area contributed by atoms with Crippen LogP contribution in [0.1, 0.15) is 11.8 Å². The second-order valence-corrected chi connectivity index (χ2v) is 3.48. The van der Waals surface area contributed by atoms with E-state index in [2.05, 4.69) is 4.98 Å². The molecule has 0 fully saturated rings. The van der Waals surface area contributed by atoms with Crippen molar-refractivity contribution >= 4 is 11.7 Å². The van der Waals surface area contributed by atoms with E-state index in [-0.39, 0.29) is 48.0 Å². The SMILES string of the molecule is Nc1cccc(-c2cc(C(=O)O)ccn2)c1O.[H-].[Na+]. The van der Waals surface area contributed by atoms with E-state index in [1.54, 1.807) is 18.2 Å². The molecule has 18 heavy (non-hydrogen) atoms. The van der Waals surface area contributed by atoms with E-state index >= 15 is 0 Å². The number of carboxylic acids is 1. The van der Waals surface area contributed by atoms with Crippen molar-refractivity contribution in [2.75, 3.05) is 5.73 Å². The molecular formula is C12H11N2NaO3. The van der Waals surface area contributed by atoms with Gasteiger partial charge in [-0.15, -0.1) is 0 Å². The molecule has 2 rings (SSSR count). The van der Waals surface area contributed by atoms with Gasteiger partial charge in [-0.2, -0.15) is 0 Å². The first kappa shape index (κ1) is 14.5. The molecule has 0 atom stereocenters. The van der Waals surface area contributed by atoms with E-state index in [0.717, 1.165) is 0 Å². The molecule has 0 aliphatic carbocycles. The fourth-order valence-electron chi connectivity index (χ4n) is 1.48. The number of aromatic hydroxyl groups is 1. The number of phenolic OH excluding ortho intramolecular Hbond substituents is 1. The Labute approximate surface area is 127 Å². The van der Waals surface area contributed by atoms with Crippen molar-refractivity contribution in [3.8, 4) is 17.0 Å². The molecule has 88 valence electrons. The number of aromatic nitrogens is 1. The van der Waals surface area contributed by atoms with Crippen LogP contribution in [0.2, 0.25) is 0 Å². The number of carboxylic acid groups (broad SMARTS) is 1. The zero-order valence-corrected chi connectivity index (χ0v) is 11.8. The van der Waals surface area contributed by atoms with Crippen LogP contribution in [-0.2, 0) is 0 Å². The van der Waals surface area contributed by atoms with Gasteiger partial charge < -0.3 is 17.4 Å². The molecule has 2 aromatic rings. The number of benzene rings is 1. The number of nitrogen functional groups attached to an aromatic ring is 1. The summed E-state index contributed by atoms with van der Waals surface area (Å²) >= 11 is 0. The number of pyridine rings is 1. The molecule has 0 amide bonds. The van der Waals surface area contributed by atoms with Crippen LogP contribution < -0.4 is 35.3 Å². The zero-order valence-electron chi connectivity index (χ0n) is 10.8. The average molecular weight is 254 g/mol. The van der Waals surface area contributed by atoms with E-state index in [1.807, 2.05) is 0 Å². The number of carbonyl (C=O) groups is 1. The molecule has 0 aliphatic rings. The van der Waals surface area contributed by atoms with Crippen LogP contribution in [0, 0.1) is 0 Å². The van der Waals surface area contributed by atoms with Gasteiger partial charge in [-0.25, -0.2) is 4.79 Å². The summed E-state index contributed by atoms with van der Waals surface area (Å²) in [6.45, 7) is 0. The fraction of sp³-hybridized carbons (Fsp3) is 0. The molecule has 6 heteroatoms. The van der Waals surface area contributed by atoms with Gasteiger partial charge in [0.05, 0.1) is 16.9 Å². The summed E-state index contributed by atoms with van der Waals surface area (Å²) in [6, 6.07) is 7.62. The molecule has 0 aliphatic heterocycles. The Morgan fingerprint density at radius 1 is 1.33 bits per heavy atom. The maximum atomic E-state index is 10.8. The summed E-state index contributed by atoms with van der Waals surface area (Å²) in [5.41, 5.74) is 6.68. The minimum Gasteiger partial charge on any atom is -1.00 e. The largest absolute Gasteiger partial charge is 1.00 e. The van der Waals surface area contributed by atoms with Gasteiger partial charge in [0, 0.05) is 11.8 Å². The van der Waals surface area contributed by atoms with E-state index in [0.29, 0.717) is 11.3 Å². The molecule has 1 aromatic carbocycles. The van der Waals surface area contributed by atoms with Gasteiger partial charge in [0.2, 0.25) is 0 Å². The Morgan fingerprint density at radius 3 is 2.72 bits per heavy atom. The third kappa shape index (κ3) is 2.81. The van der Waals surface area contributed by atoms with E-state index in [9.17, 15) is 9.90 Å². The number of hydrogen-bond donors (Lipinski definition) is 3. The molecule has 4 N–H and O–H groups in total. The first-order valence-electron chi connectivity index (χ1n) is 4.87. The number of aromatic carboxylic acids is 1. The molecule has 0 saturated carbocycles. The summed E-state index contributed by atoms with van der Waals surface area (Å²) in [5.74, 6) is -1.14. The third-order valence-electron chi connectivity index (χ3n) is 2.35. The topological polar surface area (TPSA) is 96.4 Å². The van der Waals surface area contributed by atoms with Gasteiger partial charge in [0.1, 0.15) is 5.75 Å². The minimum atomic E-state index is -1.04. The molecule has 0 bridgehead atoms. The first-order chi connectivity index (χ1) is 8.09. The van der Waals surface area contributed by atoms with Crippen LogP contribution in [0.5, 0.6) is 5.75 Å². The third-order valence-corrected chi connectivity index (χ3v) is 2.35. The number of rotatable bonds is 2. The number of phenols is 1. The molecule has 5 nitrogen and oxygen atoms in total. The Bertz CT molecular complexity index is 593. The maximum absolute atomic E-state index is 10.8. The number of anilines is 1. The number of nitrogens with two attached hydrogens (primary N) is 1. The molecule has 1 heterocycles. The number of hydrogen-bond acceptors (Lipinski definition) is 4. The fourth-order valence-corrected chi connectivity index (χ4v) is 1.48. The molecule has 0 spiro atoms. The van der Waals surface area contributed by atoms with Crippen LogP contribution in [0.25, 0.3) is 11.3 Å². The predicted molar refractivity (Wildman–Crippen MR) is 63.8 cm³/mol. The summed E-state index contributed by atoms with van der Waals surface area (Å²) in [5, 5.41) is 18.6. The van der Waals surface area contributed by atoms with Crippen molar-refractivity contribution in [3.63, 3.8) is 0 Å². The summed E-state index contributed by atoms with van der Waals surface area (Å²) in [4.78, 5) is 14.8. The van der Waals surface area contributed by atoms with Crippen molar-refractivity contribution in [1.82, 2.24) is 4.98 Å². The van der Waals surface area contributed by atoms with Crippen molar-refractivity contribution < 1.29 is 46.0 Å². The van der Waals surface area contributed by atoms with Crippen LogP contribution >= 0.6 is 0 Å². The molecule has 1 aromatic heterocycles. The van der Waals surface area contributed by atoms with Crippen LogP contribution in [0.4, 0.5) is 5.69 Å². The minimum absolute atomic E-state index is 0. The summed E-state index contributed by atoms with van der Waals surface area (Å²) in [7, 11) is 0. The van der Waals surface area contributed by atoms with E-state index in [4.69, 9.17) is 10.8 Å². The van der Waals surface area contributed by atoms with E-state index < -0.39 is 5.97 Å².